The van der Waals surface area contributed by atoms with Crippen LogP contribution in [0.5, 0.6) is 5.75 Å². The van der Waals surface area contributed by atoms with E-state index in [1.807, 2.05) is 49.4 Å². The van der Waals surface area contributed by atoms with Gasteiger partial charge in [0.15, 0.2) is 17.1 Å². The Hall–Kier alpha value is -5.11. The maximum absolute atomic E-state index is 14.4. The standard InChI is InChI=1S/C39H34N2O6/c1-19-17-23(11-16-30(19)42)33-25-14-15-26-32(27(25)18-28-34(43)20(2)21(3)35(44)39(28,33)4)38(46)41(37(26)45)24-12-9-22(10-13-24)36-40-29-7-5-6-8-31(29)47-36/h5-14,16-17,26-28,32-33,42H,15,18H2,1-4H3/t26-,27+,28-,32-,33-,39+/m0/s1. The lowest BCUT2D eigenvalue weighted by Crippen LogP contribution is -2.55. The van der Waals surface area contributed by atoms with Crippen LogP contribution in [0, 0.1) is 36.0 Å². The van der Waals surface area contributed by atoms with Crippen molar-refractivity contribution in [1.29, 1.82) is 0 Å². The third-order valence-electron chi connectivity index (χ3n) is 11.4. The van der Waals surface area contributed by atoms with Gasteiger partial charge in [-0.05, 0) is 104 Å². The van der Waals surface area contributed by atoms with E-state index in [-0.39, 0.29) is 29.1 Å². The number of anilines is 1. The van der Waals surface area contributed by atoms with E-state index in [1.54, 1.807) is 51.1 Å². The predicted molar refractivity (Wildman–Crippen MR) is 175 cm³/mol. The van der Waals surface area contributed by atoms with Gasteiger partial charge >= 0.3 is 0 Å². The molecule has 2 fully saturated rings. The zero-order chi connectivity index (χ0) is 32.9. The second-order valence-corrected chi connectivity index (χ2v) is 13.7. The molecular formula is C39H34N2O6. The molecule has 8 nitrogen and oxygen atoms in total. The number of carbonyl (C=O) groups is 4. The maximum atomic E-state index is 14.4. The number of hydrogen-bond donors (Lipinski definition) is 1. The van der Waals surface area contributed by atoms with Gasteiger partial charge in [0.25, 0.3) is 0 Å². The zero-order valence-electron chi connectivity index (χ0n) is 26.6. The topological polar surface area (TPSA) is 118 Å². The molecule has 6 atom stereocenters. The molecule has 0 unspecified atom stereocenters. The Labute approximate surface area is 271 Å². The SMILES string of the molecule is CC1=C(C)C(=O)[C@@]2(C)[C@@H](c3ccc(O)c(C)c3)C3=CC[C@@H]4C(=O)N(c5ccc(-c6nc7ccccc7o6)cc5)C(=O)[C@@H]4[C@@H]3C[C@H]2C1=O. The van der Waals surface area contributed by atoms with E-state index < -0.39 is 35.0 Å². The highest BCUT2D eigenvalue weighted by molar-refractivity contribution is 6.22. The van der Waals surface area contributed by atoms with Gasteiger partial charge < -0.3 is 9.52 Å². The molecule has 236 valence electrons. The van der Waals surface area contributed by atoms with Gasteiger partial charge in [-0.2, -0.15) is 0 Å². The van der Waals surface area contributed by atoms with Crippen LogP contribution in [0.4, 0.5) is 5.69 Å². The van der Waals surface area contributed by atoms with Crippen LogP contribution in [0.25, 0.3) is 22.6 Å². The molecule has 2 amide bonds. The van der Waals surface area contributed by atoms with Gasteiger partial charge in [0.1, 0.15) is 11.3 Å². The molecule has 0 bridgehead atoms. The first-order valence-corrected chi connectivity index (χ1v) is 16.1. The number of fused-ring (bicyclic) bond motifs is 5. The predicted octanol–water partition coefficient (Wildman–Crippen LogP) is 6.86. The van der Waals surface area contributed by atoms with Crippen LogP contribution < -0.4 is 4.90 Å². The second kappa shape index (κ2) is 10.2. The molecule has 2 heterocycles. The largest absolute Gasteiger partial charge is 0.508 e. The number of phenols is 1. The number of ketones is 2. The normalized spacial score (nSPS) is 28.8. The average Bonchev–Trinajstić information content (AvgIpc) is 3.62. The van der Waals surface area contributed by atoms with E-state index in [2.05, 4.69) is 4.98 Å². The number of para-hydroxylation sites is 2. The van der Waals surface area contributed by atoms with Gasteiger partial charge in [0.2, 0.25) is 17.7 Å². The lowest BCUT2D eigenvalue weighted by molar-refractivity contribution is -0.142. The number of aromatic hydroxyl groups is 1. The number of rotatable bonds is 3. The van der Waals surface area contributed by atoms with Gasteiger partial charge in [0.05, 0.1) is 22.9 Å². The number of carbonyl (C=O) groups excluding carboxylic acids is 4. The molecule has 0 spiro atoms. The minimum Gasteiger partial charge on any atom is -0.508 e. The molecule has 4 aliphatic rings. The van der Waals surface area contributed by atoms with Crippen LogP contribution in [0.3, 0.4) is 0 Å². The van der Waals surface area contributed by atoms with E-state index in [0.717, 1.165) is 22.2 Å². The van der Waals surface area contributed by atoms with E-state index in [0.29, 0.717) is 46.7 Å². The van der Waals surface area contributed by atoms with Crippen molar-refractivity contribution >= 4 is 40.2 Å². The number of oxazole rings is 1. The van der Waals surface area contributed by atoms with Crippen molar-refractivity contribution in [3.8, 4) is 17.2 Å². The Bertz CT molecular complexity index is 2090. The molecule has 1 aliphatic heterocycles. The molecule has 1 N–H and O–H groups in total. The number of phenolic OH excluding ortho intramolecular Hbond substituents is 1. The maximum Gasteiger partial charge on any atom is 0.238 e. The fourth-order valence-corrected chi connectivity index (χ4v) is 8.82. The number of Topliss-reactive ketones (excluding diaryl/α,β-unsaturated/α-hetero) is 2. The van der Waals surface area contributed by atoms with Gasteiger partial charge in [-0.3, -0.25) is 24.1 Å². The lowest BCUT2D eigenvalue weighted by Gasteiger charge is -2.54. The van der Waals surface area contributed by atoms with E-state index >= 15 is 0 Å². The number of benzene rings is 3. The summed E-state index contributed by atoms with van der Waals surface area (Å²) in [7, 11) is 0. The molecule has 0 radical (unpaired) electrons. The first kappa shape index (κ1) is 29.3. The van der Waals surface area contributed by atoms with Crippen molar-refractivity contribution < 1.29 is 28.7 Å². The zero-order valence-corrected chi connectivity index (χ0v) is 26.6. The van der Waals surface area contributed by atoms with Crippen LogP contribution in [-0.2, 0) is 19.2 Å². The highest BCUT2D eigenvalue weighted by Crippen LogP contribution is 2.63. The van der Waals surface area contributed by atoms with Crippen molar-refractivity contribution in [1.82, 2.24) is 4.98 Å². The molecule has 3 aliphatic carbocycles. The molecule has 1 saturated carbocycles. The molecule has 8 rings (SSSR count). The number of aryl methyl sites for hydroxylation is 1. The summed E-state index contributed by atoms with van der Waals surface area (Å²) < 4.78 is 5.91. The molecule has 47 heavy (non-hydrogen) atoms. The fraction of sp³-hybridized carbons (Fsp3) is 0.308. The molecule has 4 aromatic rings. The average molecular weight is 627 g/mol. The fourth-order valence-electron chi connectivity index (χ4n) is 8.82. The van der Waals surface area contributed by atoms with Crippen LogP contribution in [0.1, 0.15) is 50.7 Å². The second-order valence-electron chi connectivity index (χ2n) is 13.7. The highest BCUT2D eigenvalue weighted by atomic mass is 16.3. The van der Waals surface area contributed by atoms with Gasteiger partial charge in [-0.25, -0.2) is 4.98 Å². The van der Waals surface area contributed by atoms with Crippen LogP contribution >= 0.6 is 0 Å². The monoisotopic (exact) mass is 626 g/mol. The first-order valence-electron chi connectivity index (χ1n) is 16.1. The summed E-state index contributed by atoms with van der Waals surface area (Å²) in [6.45, 7) is 7.12. The Balaban J connectivity index is 1.18. The summed E-state index contributed by atoms with van der Waals surface area (Å²) in [5.41, 5.74) is 4.90. The van der Waals surface area contributed by atoms with Gasteiger partial charge in [-0.15, -0.1) is 0 Å². The van der Waals surface area contributed by atoms with Crippen molar-refractivity contribution in [2.45, 2.75) is 46.5 Å². The summed E-state index contributed by atoms with van der Waals surface area (Å²) in [5.74, 6) is -2.83. The van der Waals surface area contributed by atoms with E-state index in [1.165, 1.54) is 4.90 Å². The van der Waals surface area contributed by atoms with Crippen LogP contribution in [0.2, 0.25) is 0 Å². The van der Waals surface area contributed by atoms with Crippen molar-refractivity contribution in [3.05, 3.63) is 101 Å². The van der Waals surface area contributed by atoms with Crippen LogP contribution in [0.15, 0.2) is 93.9 Å². The smallest absolute Gasteiger partial charge is 0.238 e. The Kier molecular flexibility index (Phi) is 6.36. The summed E-state index contributed by atoms with van der Waals surface area (Å²) in [6, 6.07) is 19.9. The quantitative estimate of drug-likeness (QED) is 0.195. The molecule has 1 aromatic heterocycles. The Morgan fingerprint density at radius 1 is 0.894 bits per heavy atom. The van der Waals surface area contributed by atoms with E-state index in [4.69, 9.17) is 4.42 Å². The lowest BCUT2D eigenvalue weighted by atomic mass is 9.46. The molecule has 1 saturated heterocycles. The summed E-state index contributed by atoms with van der Waals surface area (Å²) >= 11 is 0. The Morgan fingerprint density at radius 3 is 2.36 bits per heavy atom. The Morgan fingerprint density at radius 2 is 1.64 bits per heavy atom. The van der Waals surface area contributed by atoms with Gasteiger partial charge in [0, 0.05) is 17.4 Å². The summed E-state index contributed by atoms with van der Waals surface area (Å²) in [4.78, 5) is 62.4. The summed E-state index contributed by atoms with van der Waals surface area (Å²) in [5, 5.41) is 10.3. The third kappa shape index (κ3) is 4.03. The first-order chi connectivity index (χ1) is 22.5. The van der Waals surface area contributed by atoms with Gasteiger partial charge in [-0.1, -0.05) is 42.8 Å². The molecular weight excluding hydrogens is 592 g/mol. The summed E-state index contributed by atoms with van der Waals surface area (Å²) in [6.07, 6.45) is 2.72. The van der Waals surface area contributed by atoms with Crippen molar-refractivity contribution in [3.63, 3.8) is 0 Å². The highest BCUT2D eigenvalue weighted by Gasteiger charge is 2.64. The number of imide groups is 1. The number of amides is 2. The number of allylic oxidation sites excluding steroid dienone is 4. The molecule has 3 aromatic carbocycles. The minimum absolute atomic E-state index is 0.0636. The number of aromatic nitrogens is 1. The number of nitrogens with zero attached hydrogens (tertiary/aromatic N) is 2. The minimum atomic E-state index is -1.06. The third-order valence-corrected chi connectivity index (χ3v) is 11.4. The number of hydrogen-bond acceptors (Lipinski definition) is 7. The van der Waals surface area contributed by atoms with Crippen LogP contribution in [-0.4, -0.2) is 33.5 Å². The molecule has 8 heteroatoms. The van der Waals surface area contributed by atoms with Crippen molar-refractivity contribution in [2.24, 2.45) is 29.1 Å². The van der Waals surface area contributed by atoms with Crippen molar-refractivity contribution in [2.75, 3.05) is 4.90 Å². The van der Waals surface area contributed by atoms with E-state index in [9.17, 15) is 24.3 Å².